The zero-order chi connectivity index (χ0) is 15.6. The monoisotopic (exact) mass is 322 g/mol. The minimum Gasteiger partial charge on any atom is -0.366 e. The highest BCUT2D eigenvalue weighted by molar-refractivity contribution is 6.36. The van der Waals surface area contributed by atoms with E-state index < -0.39 is 11.8 Å². The number of nitrogens with two attached hydrogens (primary N) is 1. The molecule has 0 bridgehead atoms. The quantitative estimate of drug-likeness (QED) is 0.905. The molecule has 2 aromatic rings. The third kappa shape index (κ3) is 3.54. The molecule has 0 aliphatic carbocycles. The molecule has 0 fully saturated rings. The predicted octanol–water partition coefficient (Wildman–Crippen LogP) is 3.65. The Labute approximate surface area is 131 Å². The predicted molar refractivity (Wildman–Crippen MR) is 84.1 cm³/mol. The highest BCUT2D eigenvalue weighted by atomic mass is 35.5. The van der Waals surface area contributed by atoms with Crippen LogP contribution in [0.1, 0.15) is 26.3 Å². The Morgan fingerprint density at radius 1 is 1.05 bits per heavy atom. The molecule has 0 saturated heterocycles. The molecule has 0 aliphatic heterocycles. The van der Waals surface area contributed by atoms with E-state index in [1.54, 1.807) is 18.2 Å². The van der Waals surface area contributed by atoms with Crippen LogP contribution in [-0.4, -0.2) is 11.8 Å². The molecule has 21 heavy (non-hydrogen) atoms. The summed E-state index contributed by atoms with van der Waals surface area (Å²) in [5.41, 5.74) is 7.03. The van der Waals surface area contributed by atoms with E-state index in [0.29, 0.717) is 21.3 Å². The number of primary amides is 1. The van der Waals surface area contributed by atoms with E-state index >= 15 is 0 Å². The van der Waals surface area contributed by atoms with Crippen LogP contribution in [0.4, 0.5) is 5.69 Å². The maximum Gasteiger partial charge on any atom is 0.257 e. The summed E-state index contributed by atoms with van der Waals surface area (Å²) >= 11 is 12.0. The molecule has 0 aromatic heterocycles. The van der Waals surface area contributed by atoms with Gasteiger partial charge in [0.1, 0.15) is 0 Å². The van der Waals surface area contributed by atoms with Crippen LogP contribution < -0.4 is 11.1 Å². The Balaban J connectivity index is 2.31. The molecule has 3 N–H and O–H groups in total. The molecular weight excluding hydrogens is 311 g/mol. The van der Waals surface area contributed by atoms with Crippen LogP contribution in [0.5, 0.6) is 0 Å². The number of halogens is 2. The topological polar surface area (TPSA) is 72.2 Å². The number of amides is 2. The molecule has 0 saturated carbocycles. The van der Waals surface area contributed by atoms with Gasteiger partial charge in [-0.3, -0.25) is 9.59 Å². The van der Waals surface area contributed by atoms with Crippen molar-refractivity contribution in [1.29, 1.82) is 0 Å². The van der Waals surface area contributed by atoms with E-state index in [9.17, 15) is 9.59 Å². The van der Waals surface area contributed by atoms with Crippen LogP contribution >= 0.6 is 23.2 Å². The molecule has 2 aromatic carbocycles. The average Bonchev–Trinajstić information content (AvgIpc) is 2.40. The first-order valence-corrected chi connectivity index (χ1v) is 6.81. The van der Waals surface area contributed by atoms with Crippen molar-refractivity contribution in [2.75, 3.05) is 5.32 Å². The minimum absolute atomic E-state index is 0.254. The normalized spacial score (nSPS) is 10.2. The first-order valence-electron chi connectivity index (χ1n) is 6.05. The fourth-order valence-electron chi connectivity index (χ4n) is 1.77. The molecule has 2 rings (SSSR count). The van der Waals surface area contributed by atoms with Gasteiger partial charge < -0.3 is 11.1 Å². The third-order valence-corrected chi connectivity index (χ3v) is 3.51. The zero-order valence-electron chi connectivity index (χ0n) is 11.1. The molecule has 0 aliphatic rings. The Hall–Kier alpha value is -2.04. The summed E-state index contributed by atoms with van der Waals surface area (Å²) in [4.78, 5) is 23.4. The highest BCUT2D eigenvalue weighted by Crippen LogP contribution is 2.25. The standard InChI is InChI=1S/C15H12Cl2N2O2/c1-8-2-4-10(12(17)6-8)15(21)19-13-7-9(14(18)20)3-5-11(13)16/h2-7H,1H3,(H2,18,20)(H,19,21). The lowest BCUT2D eigenvalue weighted by molar-refractivity contribution is 0.0996. The van der Waals surface area contributed by atoms with Crippen LogP contribution in [0.25, 0.3) is 0 Å². The van der Waals surface area contributed by atoms with E-state index in [0.717, 1.165) is 5.56 Å². The van der Waals surface area contributed by atoms with Gasteiger partial charge in [0.15, 0.2) is 0 Å². The van der Waals surface area contributed by atoms with Gasteiger partial charge in [0.25, 0.3) is 5.91 Å². The summed E-state index contributed by atoms with van der Waals surface area (Å²) in [5, 5.41) is 3.26. The Bertz CT molecular complexity index is 730. The lowest BCUT2D eigenvalue weighted by Gasteiger charge is -2.10. The van der Waals surface area contributed by atoms with E-state index in [1.807, 2.05) is 6.92 Å². The second kappa shape index (κ2) is 6.16. The number of anilines is 1. The van der Waals surface area contributed by atoms with Crippen molar-refractivity contribution < 1.29 is 9.59 Å². The van der Waals surface area contributed by atoms with E-state index in [-0.39, 0.29) is 5.56 Å². The summed E-state index contributed by atoms with van der Waals surface area (Å²) < 4.78 is 0. The fraction of sp³-hybridized carbons (Fsp3) is 0.0667. The summed E-state index contributed by atoms with van der Waals surface area (Å²) in [6.07, 6.45) is 0. The summed E-state index contributed by atoms with van der Waals surface area (Å²) in [7, 11) is 0. The van der Waals surface area contributed by atoms with Gasteiger partial charge >= 0.3 is 0 Å². The van der Waals surface area contributed by atoms with Crippen molar-refractivity contribution in [3.05, 3.63) is 63.1 Å². The summed E-state index contributed by atoms with van der Waals surface area (Å²) in [6, 6.07) is 9.50. The van der Waals surface area contributed by atoms with Crippen LogP contribution in [0, 0.1) is 6.92 Å². The minimum atomic E-state index is -0.601. The summed E-state index contributed by atoms with van der Waals surface area (Å²) in [5.74, 6) is -1.01. The molecule has 6 heteroatoms. The number of hydrogen-bond acceptors (Lipinski definition) is 2. The average molecular weight is 323 g/mol. The lowest BCUT2D eigenvalue weighted by Crippen LogP contribution is -2.15. The van der Waals surface area contributed by atoms with Crippen LogP contribution in [0.3, 0.4) is 0 Å². The molecular formula is C15H12Cl2N2O2. The van der Waals surface area contributed by atoms with Crippen molar-refractivity contribution in [3.63, 3.8) is 0 Å². The number of nitrogens with one attached hydrogen (secondary N) is 1. The molecule has 0 unspecified atom stereocenters. The van der Waals surface area contributed by atoms with E-state index in [2.05, 4.69) is 5.32 Å². The second-order valence-corrected chi connectivity index (χ2v) is 5.31. The fourth-order valence-corrected chi connectivity index (χ4v) is 2.25. The zero-order valence-corrected chi connectivity index (χ0v) is 12.6. The number of hydrogen-bond donors (Lipinski definition) is 2. The molecule has 0 spiro atoms. The van der Waals surface area contributed by atoms with Crippen LogP contribution in [-0.2, 0) is 0 Å². The molecule has 2 amide bonds. The van der Waals surface area contributed by atoms with Gasteiger partial charge in [0, 0.05) is 5.56 Å². The number of benzene rings is 2. The van der Waals surface area contributed by atoms with Gasteiger partial charge in [-0.05, 0) is 42.8 Å². The molecule has 0 atom stereocenters. The van der Waals surface area contributed by atoms with Crippen LogP contribution in [0.2, 0.25) is 10.0 Å². The van der Waals surface area contributed by atoms with Crippen molar-refractivity contribution in [1.82, 2.24) is 0 Å². The smallest absolute Gasteiger partial charge is 0.257 e. The number of carbonyl (C=O) groups excluding carboxylic acids is 2. The first-order chi connectivity index (χ1) is 9.88. The number of carbonyl (C=O) groups is 2. The Kier molecular flexibility index (Phi) is 4.50. The second-order valence-electron chi connectivity index (χ2n) is 4.50. The van der Waals surface area contributed by atoms with Gasteiger partial charge in [-0.2, -0.15) is 0 Å². The van der Waals surface area contributed by atoms with Crippen molar-refractivity contribution in [2.45, 2.75) is 6.92 Å². The molecule has 0 radical (unpaired) electrons. The maximum atomic E-state index is 12.2. The molecule has 0 heterocycles. The van der Waals surface area contributed by atoms with Gasteiger partial charge in [0.05, 0.1) is 21.3 Å². The van der Waals surface area contributed by atoms with Crippen LogP contribution in [0.15, 0.2) is 36.4 Å². The highest BCUT2D eigenvalue weighted by Gasteiger charge is 2.13. The van der Waals surface area contributed by atoms with Crippen molar-refractivity contribution in [3.8, 4) is 0 Å². The Morgan fingerprint density at radius 3 is 2.38 bits per heavy atom. The molecule has 108 valence electrons. The van der Waals surface area contributed by atoms with Crippen molar-refractivity contribution >= 4 is 40.7 Å². The first kappa shape index (κ1) is 15.4. The van der Waals surface area contributed by atoms with Crippen molar-refractivity contribution in [2.24, 2.45) is 5.73 Å². The lowest BCUT2D eigenvalue weighted by atomic mass is 10.1. The maximum absolute atomic E-state index is 12.2. The third-order valence-electron chi connectivity index (χ3n) is 2.87. The van der Waals surface area contributed by atoms with Gasteiger partial charge in [0.2, 0.25) is 5.91 Å². The SMILES string of the molecule is Cc1ccc(C(=O)Nc2cc(C(N)=O)ccc2Cl)c(Cl)c1. The van der Waals surface area contributed by atoms with E-state index in [1.165, 1.54) is 18.2 Å². The van der Waals surface area contributed by atoms with E-state index in [4.69, 9.17) is 28.9 Å². The Morgan fingerprint density at radius 2 is 1.76 bits per heavy atom. The molecule has 4 nitrogen and oxygen atoms in total. The van der Waals surface area contributed by atoms with Gasteiger partial charge in [-0.15, -0.1) is 0 Å². The number of rotatable bonds is 3. The number of aryl methyl sites for hydroxylation is 1. The summed E-state index contributed by atoms with van der Waals surface area (Å²) in [6.45, 7) is 1.88. The van der Waals surface area contributed by atoms with Gasteiger partial charge in [-0.25, -0.2) is 0 Å². The largest absolute Gasteiger partial charge is 0.366 e. The van der Waals surface area contributed by atoms with Gasteiger partial charge in [-0.1, -0.05) is 29.3 Å².